The van der Waals surface area contributed by atoms with E-state index in [2.05, 4.69) is 102 Å². The number of pyridine rings is 1. The van der Waals surface area contributed by atoms with Gasteiger partial charge in [0.05, 0.1) is 22.3 Å². The number of imidazole rings is 1. The molecule has 0 radical (unpaired) electrons. The van der Waals surface area contributed by atoms with Crippen LogP contribution in [0.3, 0.4) is 0 Å². The van der Waals surface area contributed by atoms with Crippen LogP contribution in [0.25, 0.3) is 72.7 Å². The molecule has 0 saturated heterocycles. The van der Waals surface area contributed by atoms with Crippen LogP contribution in [-0.4, -0.2) is 19.6 Å². The molecule has 4 nitrogen and oxygen atoms in total. The minimum Gasteiger partial charge on any atom is -0.507 e. The number of phenolic OH excluding ortho intramolecular Hbond substituents is 1. The summed E-state index contributed by atoms with van der Waals surface area (Å²) < 4.78 is 37.4. The molecule has 0 aliphatic heterocycles. The molecule has 0 aliphatic rings. The normalized spacial score (nSPS) is 13.1. The molecule has 2 aromatic heterocycles. The minimum absolute atomic E-state index is 0. The van der Waals surface area contributed by atoms with Crippen molar-refractivity contribution in [1.82, 2.24) is 14.5 Å². The predicted molar refractivity (Wildman–Crippen MR) is 243 cm³/mol. The van der Waals surface area contributed by atoms with Gasteiger partial charge in [-0.1, -0.05) is 144 Å². The molecule has 6 aromatic carbocycles. The van der Waals surface area contributed by atoms with Crippen molar-refractivity contribution < 1.29 is 31.7 Å². The molecule has 8 aromatic rings. The van der Waals surface area contributed by atoms with Crippen molar-refractivity contribution in [2.75, 3.05) is 0 Å². The van der Waals surface area contributed by atoms with E-state index in [0.29, 0.717) is 28.1 Å². The van der Waals surface area contributed by atoms with E-state index in [1.807, 2.05) is 73.1 Å². The first-order valence-electron chi connectivity index (χ1n) is 22.0. The van der Waals surface area contributed by atoms with Crippen LogP contribution in [0.1, 0.15) is 93.6 Å². The Morgan fingerprint density at radius 3 is 2.12 bits per heavy atom. The third kappa shape index (κ3) is 8.34. The SMILES string of the molecule is [2H]C([2H])([2H])c1cc(-c2cc(C(C)C)cc(C([2H])(C)C)c2)ccc1-n1c(-c2ccccc2O)nc2c(-c3[c-]c(-c4cc(-c5ccc(C)cc5)ccn4)cc(C(C)(C)C)c3)cccc21.[Pt]. The largest absolute Gasteiger partial charge is 0.507 e. The third-order valence-electron chi connectivity index (χ3n) is 11.0. The predicted octanol–water partition coefficient (Wildman–Crippen LogP) is 14.4. The summed E-state index contributed by atoms with van der Waals surface area (Å²) in [4.78, 5) is 10.1. The van der Waals surface area contributed by atoms with Gasteiger partial charge in [0.1, 0.15) is 11.6 Å². The fourth-order valence-electron chi connectivity index (χ4n) is 7.54. The summed E-state index contributed by atoms with van der Waals surface area (Å²) in [6, 6.07) is 45.3. The van der Waals surface area contributed by atoms with Gasteiger partial charge in [0.25, 0.3) is 0 Å². The smallest absolute Gasteiger partial charge is 0.148 e. The molecule has 59 heavy (non-hydrogen) atoms. The number of phenols is 1. The van der Waals surface area contributed by atoms with Crippen LogP contribution in [0.4, 0.5) is 0 Å². The van der Waals surface area contributed by atoms with Crippen molar-refractivity contribution >= 4 is 11.0 Å². The van der Waals surface area contributed by atoms with Crippen LogP contribution in [0.5, 0.6) is 5.75 Å². The number of para-hydroxylation sites is 2. The number of aryl methyl sites for hydroxylation is 2. The Kier molecular flexibility index (Phi) is 10.3. The maximum absolute atomic E-state index is 11.3. The van der Waals surface area contributed by atoms with Crippen LogP contribution in [0.15, 0.2) is 134 Å². The molecule has 1 N–H and O–H groups in total. The van der Waals surface area contributed by atoms with Crippen molar-refractivity contribution in [2.45, 2.75) is 79.5 Å². The second kappa shape index (κ2) is 16.6. The van der Waals surface area contributed by atoms with E-state index >= 15 is 0 Å². The average molecular weight is 958 g/mol. The summed E-state index contributed by atoms with van der Waals surface area (Å²) in [5.74, 6) is -0.207. The van der Waals surface area contributed by atoms with Crippen molar-refractivity contribution in [3.8, 4) is 67.5 Å². The van der Waals surface area contributed by atoms with Crippen molar-refractivity contribution in [3.05, 3.63) is 167 Å². The van der Waals surface area contributed by atoms with Crippen LogP contribution in [0, 0.1) is 19.8 Å². The summed E-state index contributed by atoms with van der Waals surface area (Å²) in [5, 5.41) is 11.3. The van der Waals surface area contributed by atoms with Crippen molar-refractivity contribution in [2.24, 2.45) is 0 Å². The zero-order valence-electron chi connectivity index (χ0n) is 38.9. The van der Waals surface area contributed by atoms with E-state index in [9.17, 15) is 5.11 Å². The maximum atomic E-state index is 11.3. The molecular weight excluding hydrogens is 902 g/mol. The number of nitrogens with zero attached hydrogens (tertiary/aromatic N) is 3. The average Bonchev–Trinajstić information content (AvgIpc) is 3.62. The van der Waals surface area contributed by atoms with Crippen LogP contribution < -0.4 is 0 Å². The summed E-state index contributed by atoms with van der Waals surface area (Å²) in [6.45, 7) is 14.1. The number of aromatic hydroxyl groups is 1. The summed E-state index contributed by atoms with van der Waals surface area (Å²) in [7, 11) is 0. The molecule has 0 aliphatic carbocycles. The molecule has 300 valence electrons. The maximum Gasteiger partial charge on any atom is 0.148 e. The summed E-state index contributed by atoms with van der Waals surface area (Å²) >= 11 is 0. The van der Waals surface area contributed by atoms with Gasteiger partial charge in [-0.3, -0.25) is 9.55 Å². The Bertz CT molecular complexity index is 2970. The molecule has 0 bridgehead atoms. The molecular formula is C54H52N3OPt-. The van der Waals surface area contributed by atoms with Gasteiger partial charge in [-0.15, -0.1) is 29.3 Å². The number of aromatic nitrogens is 3. The van der Waals surface area contributed by atoms with Crippen LogP contribution >= 0.6 is 0 Å². The fourth-order valence-corrected chi connectivity index (χ4v) is 7.54. The summed E-state index contributed by atoms with van der Waals surface area (Å²) in [6.07, 6.45) is 1.84. The number of rotatable bonds is 8. The van der Waals surface area contributed by atoms with Crippen molar-refractivity contribution in [3.63, 3.8) is 0 Å². The molecule has 0 amide bonds. The van der Waals surface area contributed by atoms with Gasteiger partial charge in [-0.2, -0.15) is 0 Å². The van der Waals surface area contributed by atoms with E-state index < -0.39 is 12.7 Å². The summed E-state index contributed by atoms with van der Waals surface area (Å²) in [5.41, 5.74) is 13.4. The minimum atomic E-state index is -2.52. The van der Waals surface area contributed by atoms with Gasteiger partial charge in [0.15, 0.2) is 0 Å². The monoisotopic (exact) mass is 957 g/mol. The van der Waals surface area contributed by atoms with Gasteiger partial charge in [-0.25, -0.2) is 4.98 Å². The van der Waals surface area contributed by atoms with Gasteiger partial charge in [-0.05, 0) is 106 Å². The topological polar surface area (TPSA) is 50.9 Å². The van der Waals surface area contributed by atoms with E-state index in [1.54, 1.807) is 24.3 Å². The molecule has 0 saturated carbocycles. The van der Waals surface area contributed by atoms with E-state index in [0.717, 1.165) is 61.3 Å². The van der Waals surface area contributed by atoms with E-state index in [4.69, 9.17) is 15.5 Å². The zero-order valence-corrected chi connectivity index (χ0v) is 37.2. The molecule has 0 spiro atoms. The van der Waals surface area contributed by atoms with Gasteiger partial charge in [0, 0.05) is 38.4 Å². The number of benzene rings is 6. The van der Waals surface area contributed by atoms with Crippen molar-refractivity contribution in [1.29, 1.82) is 0 Å². The number of hydrogen-bond donors (Lipinski definition) is 1. The number of hydrogen-bond acceptors (Lipinski definition) is 3. The fraction of sp³-hybridized carbons (Fsp3) is 0.222. The first kappa shape index (κ1) is 36.5. The quantitative estimate of drug-likeness (QED) is 0.154. The number of fused-ring (bicyclic) bond motifs is 1. The van der Waals surface area contributed by atoms with E-state index in [-0.39, 0.29) is 43.7 Å². The third-order valence-corrected chi connectivity index (χ3v) is 11.0. The van der Waals surface area contributed by atoms with Gasteiger partial charge in [0.2, 0.25) is 0 Å². The first-order chi connectivity index (χ1) is 29.3. The Hall–Kier alpha value is -5.57. The Morgan fingerprint density at radius 2 is 1.41 bits per heavy atom. The Labute approximate surface area is 369 Å². The molecule has 0 fully saturated rings. The Balaban J connectivity index is 0.00000595. The van der Waals surface area contributed by atoms with Crippen LogP contribution in [0.2, 0.25) is 0 Å². The van der Waals surface area contributed by atoms with E-state index in [1.165, 1.54) is 5.56 Å². The first-order valence-corrected chi connectivity index (χ1v) is 20.0. The molecule has 0 atom stereocenters. The zero-order chi connectivity index (χ0) is 44.3. The molecule has 2 heterocycles. The molecule has 8 rings (SSSR count). The van der Waals surface area contributed by atoms with Gasteiger partial charge >= 0.3 is 0 Å². The second-order valence-electron chi connectivity index (χ2n) is 16.9. The molecule has 5 heteroatoms. The molecule has 0 unspecified atom stereocenters. The second-order valence-corrected chi connectivity index (χ2v) is 16.9. The Morgan fingerprint density at radius 1 is 0.712 bits per heavy atom. The van der Waals surface area contributed by atoms with Crippen LogP contribution in [-0.2, 0) is 26.5 Å². The van der Waals surface area contributed by atoms with Gasteiger partial charge < -0.3 is 5.11 Å². The standard InChI is InChI=1S/C54H52N3O.Pt/c1-33(2)40-26-41(34(3)4)28-42(27-40)38-21-22-49(36(6)25-38)57-50-15-12-14-46(52(50)56-53(57)47-13-10-11-16-51(47)58)43-29-44(31-45(30-43)54(7,8)9)48-32-39(23-24-55-48)37-19-17-35(5)18-20-37;/h10-28,30-34,58H,1-9H3;/q-1;/i6D3,33D;.